The summed E-state index contributed by atoms with van der Waals surface area (Å²) in [6, 6.07) is 14.4. The average molecular weight is 384 g/mol. The number of methoxy groups -OCH3 is 1. The number of benzene rings is 2. The van der Waals surface area contributed by atoms with E-state index in [0.29, 0.717) is 18.0 Å². The SMILES string of the molecule is COc1ccccc1N1CCC(NC(=O)Nc2cccc(OCC(N)=O)c2)C1. The molecule has 0 aromatic heterocycles. The molecule has 2 aromatic carbocycles. The van der Waals surface area contributed by atoms with Crippen molar-refractivity contribution in [2.75, 3.05) is 37.0 Å². The Kier molecular flexibility index (Phi) is 6.21. The van der Waals surface area contributed by atoms with Gasteiger partial charge in [-0.1, -0.05) is 18.2 Å². The zero-order chi connectivity index (χ0) is 19.9. The summed E-state index contributed by atoms with van der Waals surface area (Å²) in [6.07, 6.45) is 0.841. The Morgan fingerprint density at radius 1 is 1.21 bits per heavy atom. The summed E-state index contributed by atoms with van der Waals surface area (Å²) in [7, 11) is 1.65. The average Bonchev–Trinajstić information content (AvgIpc) is 3.14. The largest absolute Gasteiger partial charge is 0.495 e. The fraction of sp³-hybridized carbons (Fsp3) is 0.300. The first-order chi connectivity index (χ1) is 13.5. The molecule has 8 heteroatoms. The molecule has 0 saturated carbocycles. The highest BCUT2D eigenvalue weighted by Gasteiger charge is 2.25. The number of hydrogen-bond donors (Lipinski definition) is 3. The van der Waals surface area contributed by atoms with E-state index in [9.17, 15) is 9.59 Å². The number of nitrogens with two attached hydrogens (primary N) is 1. The Bertz CT molecular complexity index is 842. The molecule has 3 rings (SSSR count). The zero-order valence-corrected chi connectivity index (χ0v) is 15.7. The number of primary amides is 1. The maximum absolute atomic E-state index is 12.3. The van der Waals surface area contributed by atoms with Gasteiger partial charge in [-0.25, -0.2) is 4.79 Å². The van der Waals surface area contributed by atoms with E-state index in [1.54, 1.807) is 31.4 Å². The van der Waals surface area contributed by atoms with Gasteiger partial charge in [0.25, 0.3) is 5.91 Å². The van der Waals surface area contributed by atoms with Crippen LogP contribution < -0.4 is 30.7 Å². The van der Waals surface area contributed by atoms with E-state index >= 15 is 0 Å². The van der Waals surface area contributed by atoms with Gasteiger partial charge in [-0.05, 0) is 30.7 Å². The second-order valence-corrected chi connectivity index (χ2v) is 6.48. The third kappa shape index (κ3) is 5.06. The number of nitrogens with zero attached hydrogens (tertiary/aromatic N) is 1. The van der Waals surface area contributed by atoms with Gasteiger partial charge in [0.1, 0.15) is 11.5 Å². The minimum atomic E-state index is -0.558. The second kappa shape index (κ2) is 8.98. The summed E-state index contributed by atoms with van der Waals surface area (Å²) in [5, 5.41) is 5.77. The van der Waals surface area contributed by atoms with Gasteiger partial charge in [0.05, 0.1) is 12.8 Å². The van der Waals surface area contributed by atoms with Gasteiger partial charge in [-0.3, -0.25) is 4.79 Å². The van der Waals surface area contributed by atoms with Crippen molar-refractivity contribution in [2.45, 2.75) is 12.5 Å². The van der Waals surface area contributed by atoms with Crippen molar-refractivity contribution in [1.29, 1.82) is 0 Å². The van der Waals surface area contributed by atoms with Crippen molar-refractivity contribution in [3.05, 3.63) is 48.5 Å². The van der Waals surface area contributed by atoms with Crippen LogP contribution in [0, 0.1) is 0 Å². The molecule has 1 fully saturated rings. The van der Waals surface area contributed by atoms with Crippen LogP contribution in [0.3, 0.4) is 0 Å². The predicted molar refractivity (Wildman–Crippen MR) is 107 cm³/mol. The molecule has 0 radical (unpaired) electrons. The monoisotopic (exact) mass is 384 g/mol. The lowest BCUT2D eigenvalue weighted by atomic mass is 10.2. The molecule has 0 bridgehead atoms. The van der Waals surface area contributed by atoms with E-state index in [1.807, 2.05) is 24.3 Å². The summed E-state index contributed by atoms with van der Waals surface area (Å²) in [6.45, 7) is 1.33. The molecule has 3 amide bonds. The molecular formula is C20H24N4O4. The third-order valence-electron chi connectivity index (χ3n) is 4.42. The Morgan fingerprint density at radius 2 is 2.04 bits per heavy atom. The van der Waals surface area contributed by atoms with Crippen molar-refractivity contribution in [3.63, 3.8) is 0 Å². The number of nitrogens with one attached hydrogen (secondary N) is 2. The lowest BCUT2D eigenvalue weighted by Gasteiger charge is -2.21. The van der Waals surface area contributed by atoms with Gasteiger partial charge in [-0.15, -0.1) is 0 Å². The van der Waals surface area contributed by atoms with Crippen molar-refractivity contribution < 1.29 is 19.1 Å². The lowest BCUT2D eigenvalue weighted by molar-refractivity contribution is -0.119. The summed E-state index contributed by atoms with van der Waals surface area (Å²) in [4.78, 5) is 25.3. The van der Waals surface area contributed by atoms with Crippen LogP contribution in [-0.2, 0) is 4.79 Å². The number of carbonyl (C=O) groups excluding carboxylic acids is 2. The normalized spacial score (nSPS) is 15.8. The van der Waals surface area contributed by atoms with E-state index in [4.69, 9.17) is 15.2 Å². The van der Waals surface area contributed by atoms with Crippen molar-refractivity contribution >= 4 is 23.3 Å². The summed E-state index contributed by atoms with van der Waals surface area (Å²) < 4.78 is 10.7. The van der Waals surface area contributed by atoms with E-state index in [1.165, 1.54) is 0 Å². The van der Waals surface area contributed by atoms with Gasteiger partial charge in [-0.2, -0.15) is 0 Å². The minimum Gasteiger partial charge on any atom is -0.495 e. The number of para-hydroxylation sites is 2. The molecule has 1 aliphatic heterocycles. The smallest absolute Gasteiger partial charge is 0.319 e. The number of rotatable bonds is 7. The maximum atomic E-state index is 12.3. The molecule has 0 aliphatic carbocycles. The highest BCUT2D eigenvalue weighted by Crippen LogP contribution is 2.30. The van der Waals surface area contributed by atoms with Crippen LogP contribution in [0.5, 0.6) is 11.5 Å². The molecule has 0 spiro atoms. The van der Waals surface area contributed by atoms with Crippen LogP contribution in [-0.4, -0.2) is 44.8 Å². The van der Waals surface area contributed by atoms with Gasteiger partial charge < -0.3 is 30.7 Å². The van der Waals surface area contributed by atoms with Crippen LogP contribution in [0.25, 0.3) is 0 Å². The first-order valence-corrected chi connectivity index (χ1v) is 9.02. The summed E-state index contributed by atoms with van der Waals surface area (Å²) in [5.74, 6) is 0.720. The molecule has 1 atom stereocenters. The highest BCUT2D eigenvalue weighted by molar-refractivity contribution is 5.89. The third-order valence-corrected chi connectivity index (χ3v) is 4.42. The molecule has 8 nitrogen and oxygen atoms in total. The van der Waals surface area contributed by atoms with Crippen LogP contribution in [0.15, 0.2) is 48.5 Å². The molecule has 28 heavy (non-hydrogen) atoms. The number of urea groups is 1. The van der Waals surface area contributed by atoms with E-state index in [2.05, 4.69) is 15.5 Å². The Labute approximate surface area is 163 Å². The first-order valence-electron chi connectivity index (χ1n) is 9.02. The topological polar surface area (TPSA) is 106 Å². The van der Waals surface area contributed by atoms with E-state index < -0.39 is 5.91 Å². The summed E-state index contributed by atoms with van der Waals surface area (Å²) in [5.41, 5.74) is 6.66. The Morgan fingerprint density at radius 3 is 2.82 bits per heavy atom. The van der Waals surface area contributed by atoms with Crippen LogP contribution in [0.2, 0.25) is 0 Å². The van der Waals surface area contributed by atoms with Gasteiger partial charge in [0, 0.05) is 30.9 Å². The molecule has 1 heterocycles. The molecule has 1 saturated heterocycles. The summed E-state index contributed by atoms with van der Waals surface area (Å²) >= 11 is 0. The van der Waals surface area contributed by atoms with Crippen molar-refractivity contribution in [3.8, 4) is 11.5 Å². The number of anilines is 2. The molecule has 148 valence electrons. The standard InChI is InChI=1S/C20H24N4O4/c1-27-18-8-3-2-7-17(18)24-10-9-15(12-24)23-20(26)22-14-5-4-6-16(11-14)28-13-19(21)25/h2-8,11,15H,9-10,12-13H2,1H3,(H2,21,25)(H2,22,23,26). The molecule has 4 N–H and O–H groups in total. The highest BCUT2D eigenvalue weighted by atomic mass is 16.5. The molecular weight excluding hydrogens is 360 g/mol. The fourth-order valence-electron chi connectivity index (χ4n) is 3.16. The quantitative estimate of drug-likeness (QED) is 0.677. The number of amides is 3. The molecule has 1 unspecified atom stereocenters. The molecule has 2 aromatic rings. The van der Waals surface area contributed by atoms with Gasteiger partial charge in [0.15, 0.2) is 6.61 Å². The van der Waals surface area contributed by atoms with E-state index in [-0.39, 0.29) is 18.7 Å². The van der Waals surface area contributed by atoms with Crippen LogP contribution >= 0.6 is 0 Å². The predicted octanol–water partition coefficient (Wildman–Crippen LogP) is 1.96. The second-order valence-electron chi connectivity index (χ2n) is 6.48. The van der Waals surface area contributed by atoms with Crippen LogP contribution in [0.4, 0.5) is 16.2 Å². The maximum Gasteiger partial charge on any atom is 0.319 e. The number of hydrogen-bond acceptors (Lipinski definition) is 5. The van der Waals surface area contributed by atoms with Crippen molar-refractivity contribution in [2.24, 2.45) is 5.73 Å². The Hall–Kier alpha value is -3.42. The van der Waals surface area contributed by atoms with Crippen LogP contribution in [0.1, 0.15) is 6.42 Å². The lowest BCUT2D eigenvalue weighted by Crippen LogP contribution is -2.39. The molecule has 1 aliphatic rings. The fourth-order valence-corrected chi connectivity index (χ4v) is 3.16. The zero-order valence-electron chi connectivity index (χ0n) is 15.7. The number of carbonyl (C=O) groups is 2. The van der Waals surface area contributed by atoms with Crippen molar-refractivity contribution in [1.82, 2.24) is 5.32 Å². The Balaban J connectivity index is 1.53. The first kappa shape index (κ1) is 19.3. The minimum absolute atomic E-state index is 0.0270. The van der Waals surface area contributed by atoms with Gasteiger partial charge >= 0.3 is 6.03 Å². The number of ether oxygens (including phenoxy) is 2. The van der Waals surface area contributed by atoms with E-state index in [0.717, 1.165) is 24.4 Å². The van der Waals surface area contributed by atoms with Gasteiger partial charge in [0.2, 0.25) is 0 Å².